The van der Waals surface area contributed by atoms with Gasteiger partial charge in [-0.3, -0.25) is 9.78 Å². The third-order valence-corrected chi connectivity index (χ3v) is 5.58. The van der Waals surface area contributed by atoms with Crippen LogP contribution < -0.4 is 0 Å². The molecule has 8 heteroatoms. The molecular formula is C18H19N5O2S. The van der Waals surface area contributed by atoms with E-state index < -0.39 is 0 Å². The molecule has 0 radical (unpaired) electrons. The number of pyridine rings is 1. The summed E-state index contributed by atoms with van der Waals surface area (Å²) in [4.78, 5) is 28.4. The Morgan fingerprint density at radius 2 is 2.23 bits per heavy atom. The Morgan fingerprint density at radius 1 is 1.35 bits per heavy atom. The molecule has 26 heavy (non-hydrogen) atoms. The van der Waals surface area contributed by atoms with Gasteiger partial charge in [0.15, 0.2) is 0 Å². The van der Waals surface area contributed by atoms with Crippen molar-refractivity contribution in [2.75, 3.05) is 13.1 Å². The maximum atomic E-state index is 12.9. The lowest BCUT2D eigenvalue weighted by Crippen LogP contribution is -2.39. The van der Waals surface area contributed by atoms with Crippen molar-refractivity contribution in [1.29, 1.82) is 0 Å². The molecule has 1 fully saturated rings. The van der Waals surface area contributed by atoms with Crippen LogP contribution in [0.2, 0.25) is 0 Å². The predicted molar refractivity (Wildman–Crippen MR) is 97.0 cm³/mol. The fourth-order valence-corrected chi connectivity index (χ4v) is 4.14. The molecule has 0 aliphatic carbocycles. The fraction of sp³-hybridized carbons (Fsp3) is 0.389. The van der Waals surface area contributed by atoms with E-state index in [0.29, 0.717) is 18.3 Å². The zero-order chi connectivity index (χ0) is 18.1. The van der Waals surface area contributed by atoms with Gasteiger partial charge in [0.25, 0.3) is 5.91 Å². The predicted octanol–water partition coefficient (Wildman–Crippen LogP) is 3.22. The summed E-state index contributed by atoms with van der Waals surface area (Å²) in [6, 6.07) is 3.74. The first-order valence-electron chi connectivity index (χ1n) is 8.59. The van der Waals surface area contributed by atoms with E-state index in [4.69, 9.17) is 4.52 Å². The number of piperidine rings is 1. The Kier molecular flexibility index (Phi) is 4.50. The van der Waals surface area contributed by atoms with E-state index in [-0.39, 0.29) is 11.8 Å². The van der Waals surface area contributed by atoms with Crippen LogP contribution in [0.4, 0.5) is 0 Å². The van der Waals surface area contributed by atoms with Gasteiger partial charge in [0.05, 0.1) is 16.6 Å². The number of hydrogen-bond donors (Lipinski definition) is 0. The zero-order valence-electron chi connectivity index (χ0n) is 14.7. The highest BCUT2D eigenvalue weighted by molar-refractivity contribution is 7.13. The molecule has 1 saturated heterocycles. The lowest BCUT2D eigenvalue weighted by molar-refractivity contribution is 0.0699. The van der Waals surface area contributed by atoms with Gasteiger partial charge in [0.1, 0.15) is 4.88 Å². The first kappa shape index (κ1) is 16.8. The minimum Gasteiger partial charge on any atom is -0.339 e. The van der Waals surface area contributed by atoms with Gasteiger partial charge < -0.3 is 9.42 Å². The van der Waals surface area contributed by atoms with Crippen LogP contribution in [0.5, 0.6) is 0 Å². The Balaban J connectivity index is 1.51. The van der Waals surface area contributed by atoms with E-state index in [1.807, 2.05) is 30.9 Å². The van der Waals surface area contributed by atoms with Crippen LogP contribution in [0.1, 0.15) is 45.0 Å². The smallest absolute Gasteiger partial charge is 0.265 e. The van der Waals surface area contributed by atoms with Gasteiger partial charge in [-0.15, -0.1) is 11.3 Å². The summed E-state index contributed by atoms with van der Waals surface area (Å²) in [6.07, 6.45) is 5.26. The second kappa shape index (κ2) is 6.95. The molecule has 0 bridgehead atoms. The van der Waals surface area contributed by atoms with E-state index in [9.17, 15) is 4.79 Å². The molecule has 3 aromatic heterocycles. The molecule has 0 aromatic carbocycles. The molecule has 0 N–H and O–H groups in total. The summed E-state index contributed by atoms with van der Waals surface area (Å²) >= 11 is 1.45. The van der Waals surface area contributed by atoms with Crippen LogP contribution in [0, 0.1) is 13.8 Å². The fourth-order valence-electron chi connectivity index (χ4n) is 3.25. The third-order valence-electron chi connectivity index (χ3n) is 4.52. The van der Waals surface area contributed by atoms with Crippen molar-refractivity contribution >= 4 is 17.2 Å². The molecule has 1 atom stereocenters. The van der Waals surface area contributed by atoms with Crippen molar-refractivity contribution in [2.45, 2.75) is 32.6 Å². The molecule has 1 aliphatic rings. The quantitative estimate of drug-likeness (QED) is 0.705. The average molecular weight is 369 g/mol. The number of rotatable bonds is 3. The Bertz CT molecular complexity index is 921. The number of thiazole rings is 1. The summed E-state index contributed by atoms with van der Waals surface area (Å²) in [6.45, 7) is 5.14. The van der Waals surface area contributed by atoms with E-state index in [2.05, 4.69) is 20.1 Å². The van der Waals surface area contributed by atoms with Crippen LogP contribution in [-0.4, -0.2) is 44.0 Å². The molecule has 1 amide bonds. The number of carbonyl (C=O) groups is 1. The van der Waals surface area contributed by atoms with Gasteiger partial charge >= 0.3 is 0 Å². The molecular weight excluding hydrogens is 350 g/mol. The van der Waals surface area contributed by atoms with Crippen LogP contribution in [-0.2, 0) is 0 Å². The Labute approximate surface area is 155 Å². The van der Waals surface area contributed by atoms with Gasteiger partial charge in [-0.25, -0.2) is 4.98 Å². The van der Waals surface area contributed by atoms with Gasteiger partial charge in [-0.2, -0.15) is 4.98 Å². The third kappa shape index (κ3) is 3.24. The number of hydrogen-bond acceptors (Lipinski definition) is 7. The standard InChI is InChI=1S/C18H19N5O2S/c1-11-15(26-12(2)20-11)18(24)23-8-4-6-14(10-23)17-21-16(22-25-17)13-5-3-7-19-9-13/h3,5,7,9,14H,4,6,8,10H2,1-2H3. The van der Waals surface area contributed by atoms with Gasteiger partial charge in [0.2, 0.25) is 11.7 Å². The molecule has 134 valence electrons. The second-order valence-corrected chi connectivity index (χ2v) is 7.64. The highest BCUT2D eigenvalue weighted by atomic mass is 32.1. The summed E-state index contributed by atoms with van der Waals surface area (Å²) in [5, 5.41) is 4.98. The Hall–Kier alpha value is -2.61. The average Bonchev–Trinajstić information content (AvgIpc) is 3.28. The topological polar surface area (TPSA) is 85.0 Å². The van der Waals surface area contributed by atoms with E-state index in [1.165, 1.54) is 11.3 Å². The number of nitrogens with zero attached hydrogens (tertiary/aromatic N) is 5. The first-order chi connectivity index (χ1) is 12.6. The van der Waals surface area contributed by atoms with Crippen molar-refractivity contribution in [3.63, 3.8) is 0 Å². The Morgan fingerprint density at radius 3 is 2.96 bits per heavy atom. The van der Waals surface area contributed by atoms with Gasteiger partial charge in [0, 0.05) is 31.0 Å². The van der Waals surface area contributed by atoms with Crippen LogP contribution in [0.15, 0.2) is 29.0 Å². The molecule has 4 heterocycles. The van der Waals surface area contributed by atoms with E-state index in [1.54, 1.807) is 12.4 Å². The molecule has 1 aliphatic heterocycles. The minimum atomic E-state index is 0.0461. The van der Waals surface area contributed by atoms with Gasteiger partial charge in [-0.1, -0.05) is 5.16 Å². The van der Waals surface area contributed by atoms with Crippen molar-refractivity contribution < 1.29 is 9.32 Å². The second-order valence-electron chi connectivity index (χ2n) is 6.44. The molecule has 1 unspecified atom stereocenters. The monoisotopic (exact) mass is 369 g/mol. The number of amides is 1. The van der Waals surface area contributed by atoms with Crippen LogP contribution in [0.3, 0.4) is 0 Å². The molecule has 0 spiro atoms. The summed E-state index contributed by atoms with van der Waals surface area (Å²) in [7, 11) is 0. The number of aromatic nitrogens is 4. The molecule has 3 aromatic rings. The summed E-state index contributed by atoms with van der Waals surface area (Å²) < 4.78 is 5.48. The summed E-state index contributed by atoms with van der Waals surface area (Å²) in [5.41, 5.74) is 1.62. The van der Waals surface area contributed by atoms with Crippen molar-refractivity contribution in [3.8, 4) is 11.4 Å². The number of carbonyl (C=O) groups excluding carboxylic acids is 1. The maximum Gasteiger partial charge on any atom is 0.265 e. The minimum absolute atomic E-state index is 0.0461. The molecule has 0 saturated carbocycles. The number of aryl methyl sites for hydroxylation is 2. The van der Waals surface area contributed by atoms with Crippen molar-refractivity contribution in [1.82, 2.24) is 25.0 Å². The highest BCUT2D eigenvalue weighted by Crippen LogP contribution is 2.29. The lowest BCUT2D eigenvalue weighted by Gasteiger charge is -2.30. The largest absolute Gasteiger partial charge is 0.339 e. The zero-order valence-corrected chi connectivity index (χ0v) is 15.5. The van der Waals surface area contributed by atoms with Crippen LogP contribution in [0.25, 0.3) is 11.4 Å². The van der Waals surface area contributed by atoms with E-state index in [0.717, 1.165) is 40.5 Å². The van der Waals surface area contributed by atoms with Crippen molar-refractivity contribution in [3.05, 3.63) is 46.0 Å². The van der Waals surface area contributed by atoms with Crippen molar-refractivity contribution in [2.24, 2.45) is 0 Å². The summed E-state index contributed by atoms with van der Waals surface area (Å²) in [5.74, 6) is 1.22. The molecule has 4 rings (SSSR count). The normalized spacial score (nSPS) is 17.5. The maximum absolute atomic E-state index is 12.9. The number of likely N-dealkylation sites (tertiary alicyclic amines) is 1. The van der Waals surface area contributed by atoms with E-state index >= 15 is 0 Å². The van der Waals surface area contributed by atoms with Gasteiger partial charge in [-0.05, 0) is 38.8 Å². The first-order valence-corrected chi connectivity index (χ1v) is 9.41. The molecule has 7 nitrogen and oxygen atoms in total. The SMILES string of the molecule is Cc1nc(C)c(C(=O)N2CCCC(c3nc(-c4cccnc4)no3)C2)s1. The van der Waals surface area contributed by atoms with Crippen LogP contribution >= 0.6 is 11.3 Å². The lowest BCUT2D eigenvalue weighted by atomic mass is 9.97. The highest BCUT2D eigenvalue weighted by Gasteiger charge is 2.30.